The van der Waals surface area contributed by atoms with Gasteiger partial charge in [0.25, 0.3) is 0 Å². The van der Waals surface area contributed by atoms with Crippen LogP contribution in [0.5, 0.6) is 0 Å². The molecule has 3 N–H and O–H groups in total. The van der Waals surface area contributed by atoms with Crippen LogP contribution in [0.3, 0.4) is 0 Å². The Morgan fingerprint density at radius 3 is 2.52 bits per heavy atom. The van der Waals surface area contributed by atoms with Crippen molar-refractivity contribution in [2.45, 2.75) is 24.3 Å². The topological polar surface area (TPSA) is 72.2 Å². The molecule has 0 bridgehead atoms. The zero-order chi connectivity index (χ0) is 15.5. The normalized spacial score (nSPS) is 13.0. The van der Waals surface area contributed by atoms with Gasteiger partial charge in [0.2, 0.25) is 10.0 Å². The van der Waals surface area contributed by atoms with Crippen molar-refractivity contribution in [3.05, 3.63) is 59.9 Å². The number of nitrogens with one attached hydrogen (secondary N) is 1. The molecule has 0 saturated carbocycles. The maximum atomic E-state index is 13.7. The highest BCUT2D eigenvalue weighted by Crippen LogP contribution is 2.18. The number of halogens is 1. The highest BCUT2D eigenvalue weighted by atomic mass is 32.2. The second-order valence-corrected chi connectivity index (χ2v) is 6.58. The third-order valence-electron chi connectivity index (χ3n) is 2.99. The van der Waals surface area contributed by atoms with Gasteiger partial charge < -0.3 is 5.73 Å². The van der Waals surface area contributed by atoms with Crippen LogP contribution in [0.4, 0.5) is 10.1 Å². The van der Waals surface area contributed by atoms with Gasteiger partial charge in [0, 0.05) is 11.7 Å². The predicted molar refractivity (Wildman–Crippen MR) is 80.7 cm³/mol. The van der Waals surface area contributed by atoms with Crippen LogP contribution in [0.2, 0.25) is 0 Å². The Labute approximate surface area is 123 Å². The molecule has 1 unspecified atom stereocenters. The lowest BCUT2D eigenvalue weighted by Crippen LogP contribution is -2.34. The third-order valence-corrected chi connectivity index (χ3v) is 4.59. The molecule has 0 spiro atoms. The van der Waals surface area contributed by atoms with E-state index in [0.717, 1.165) is 17.7 Å². The molecule has 6 heteroatoms. The molecule has 1 atom stereocenters. The van der Waals surface area contributed by atoms with Crippen molar-refractivity contribution < 1.29 is 12.8 Å². The van der Waals surface area contributed by atoms with Crippen LogP contribution in [0.1, 0.15) is 12.5 Å². The van der Waals surface area contributed by atoms with Crippen LogP contribution in [-0.2, 0) is 16.4 Å². The number of rotatable bonds is 5. The number of hydrogen-bond donors (Lipinski definition) is 2. The van der Waals surface area contributed by atoms with E-state index in [1.807, 2.05) is 30.3 Å². The van der Waals surface area contributed by atoms with Crippen LogP contribution in [-0.4, -0.2) is 14.5 Å². The monoisotopic (exact) mass is 308 g/mol. The summed E-state index contributed by atoms with van der Waals surface area (Å²) >= 11 is 0. The lowest BCUT2D eigenvalue weighted by atomic mass is 10.1. The summed E-state index contributed by atoms with van der Waals surface area (Å²) in [6.45, 7) is 1.73. The van der Waals surface area contributed by atoms with E-state index in [1.54, 1.807) is 6.92 Å². The molecule has 0 aliphatic rings. The van der Waals surface area contributed by atoms with E-state index >= 15 is 0 Å². The standard InChI is InChI=1S/C15H17FN2O2S/c1-11(9-12-5-3-2-4-6-12)18-21(19,20)15-10-13(17)7-8-14(15)16/h2-8,10-11,18H,9,17H2,1H3. The zero-order valence-electron chi connectivity index (χ0n) is 11.6. The second-order valence-electron chi connectivity index (χ2n) is 4.90. The van der Waals surface area contributed by atoms with E-state index in [2.05, 4.69) is 4.72 Å². The molecule has 0 fully saturated rings. The number of hydrogen-bond acceptors (Lipinski definition) is 3. The Balaban J connectivity index is 2.15. The number of anilines is 1. The van der Waals surface area contributed by atoms with Crippen molar-refractivity contribution >= 4 is 15.7 Å². The van der Waals surface area contributed by atoms with E-state index in [4.69, 9.17) is 5.73 Å². The Hall–Kier alpha value is -1.92. The lowest BCUT2D eigenvalue weighted by molar-refractivity contribution is 0.542. The molecule has 4 nitrogen and oxygen atoms in total. The van der Waals surface area contributed by atoms with Gasteiger partial charge in [-0.25, -0.2) is 17.5 Å². The first-order chi connectivity index (χ1) is 9.88. The molecular weight excluding hydrogens is 291 g/mol. The number of nitrogens with two attached hydrogens (primary N) is 1. The third kappa shape index (κ3) is 4.03. The minimum Gasteiger partial charge on any atom is -0.399 e. The second kappa shape index (κ2) is 6.24. The maximum Gasteiger partial charge on any atom is 0.243 e. The molecule has 0 heterocycles. The first-order valence-corrected chi connectivity index (χ1v) is 7.98. The van der Waals surface area contributed by atoms with Crippen molar-refractivity contribution in [3.8, 4) is 0 Å². The van der Waals surface area contributed by atoms with Crippen molar-refractivity contribution in [3.63, 3.8) is 0 Å². The Kier molecular flexibility index (Phi) is 4.59. The predicted octanol–water partition coefficient (Wildman–Crippen LogP) is 2.32. The van der Waals surface area contributed by atoms with Gasteiger partial charge in [0.1, 0.15) is 10.7 Å². The Morgan fingerprint density at radius 2 is 1.86 bits per heavy atom. The fourth-order valence-corrected chi connectivity index (χ4v) is 3.42. The summed E-state index contributed by atoms with van der Waals surface area (Å²) in [6, 6.07) is 12.6. The van der Waals surface area contributed by atoms with Crippen LogP contribution >= 0.6 is 0 Å². The lowest BCUT2D eigenvalue weighted by Gasteiger charge is -2.15. The molecule has 0 radical (unpaired) electrons. The molecule has 0 amide bonds. The van der Waals surface area contributed by atoms with E-state index < -0.39 is 20.7 Å². The summed E-state index contributed by atoms with van der Waals surface area (Å²) in [4.78, 5) is -0.428. The van der Waals surface area contributed by atoms with Crippen LogP contribution < -0.4 is 10.5 Å². The van der Waals surface area contributed by atoms with Crippen molar-refractivity contribution in [1.29, 1.82) is 0 Å². The summed E-state index contributed by atoms with van der Waals surface area (Å²) in [5.74, 6) is -0.816. The van der Waals surface area contributed by atoms with Crippen molar-refractivity contribution in [1.82, 2.24) is 4.72 Å². The average molecular weight is 308 g/mol. The smallest absolute Gasteiger partial charge is 0.243 e. The highest BCUT2D eigenvalue weighted by molar-refractivity contribution is 7.89. The molecule has 21 heavy (non-hydrogen) atoms. The molecule has 2 rings (SSSR count). The first-order valence-electron chi connectivity index (χ1n) is 6.50. The number of benzene rings is 2. The summed E-state index contributed by atoms with van der Waals surface area (Å²) in [5.41, 5.74) is 6.72. The molecule has 0 aliphatic heterocycles. The van der Waals surface area contributed by atoms with Gasteiger partial charge in [-0.1, -0.05) is 30.3 Å². The fourth-order valence-electron chi connectivity index (χ4n) is 2.06. The van der Waals surface area contributed by atoms with Gasteiger partial charge in [-0.05, 0) is 37.1 Å². The summed E-state index contributed by atoms with van der Waals surface area (Å²) < 4.78 is 40.5. The molecule has 0 aromatic heterocycles. The maximum absolute atomic E-state index is 13.7. The average Bonchev–Trinajstić information content (AvgIpc) is 2.41. The highest BCUT2D eigenvalue weighted by Gasteiger charge is 2.21. The fraction of sp³-hybridized carbons (Fsp3) is 0.200. The number of nitrogen functional groups attached to an aromatic ring is 1. The Morgan fingerprint density at radius 1 is 1.19 bits per heavy atom. The van der Waals surface area contributed by atoms with Crippen molar-refractivity contribution in [2.75, 3.05) is 5.73 Å². The molecule has 112 valence electrons. The van der Waals surface area contributed by atoms with Gasteiger partial charge in [-0.15, -0.1) is 0 Å². The van der Waals surface area contributed by atoms with Gasteiger partial charge in [0.15, 0.2) is 0 Å². The van der Waals surface area contributed by atoms with Gasteiger partial charge in [0.05, 0.1) is 0 Å². The first kappa shape index (κ1) is 15.5. The Bertz CT molecular complexity index is 718. The summed E-state index contributed by atoms with van der Waals surface area (Å²) in [7, 11) is -3.94. The number of sulfonamides is 1. The quantitative estimate of drug-likeness (QED) is 0.833. The SMILES string of the molecule is CC(Cc1ccccc1)NS(=O)(=O)c1cc(N)ccc1F. The van der Waals surface area contributed by atoms with Gasteiger partial charge in [-0.2, -0.15) is 0 Å². The van der Waals surface area contributed by atoms with E-state index in [-0.39, 0.29) is 11.7 Å². The molecule has 2 aromatic rings. The summed E-state index contributed by atoms with van der Waals surface area (Å²) in [6.07, 6.45) is 0.518. The molecular formula is C15H17FN2O2S. The van der Waals surface area contributed by atoms with Crippen LogP contribution in [0.15, 0.2) is 53.4 Å². The van der Waals surface area contributed by atoms with Crippen LogP contribution in [0, 0.1) is 5.82 Å². The van der Waals surface area contributed by atoms with E-state index in [0.29, 0.717) is 6.42 Å². The molecule has 0 saturated heterocycles. The molecule has 0 aliphatic carbocycles. The molecule has 2 aromatic carbocycles. The largest absolute Gasteiger partial charge is 0.399 e. The zero-order valence-corrected chi connectivity index (χ0v) is 12.4. The van der Waals surface area contributed by atoms with Crippen molar-refractivity contribution in [2.24, 2.45) is 0 Å². The van der Waals surface area contributed by atoms with E-state index in [9.17, 15) is 12.8 Å². The van der Waals surface area contributed by atoms with Crippen LogP contribution in [0.25, 0.3) is 0 Å². The van der Waals surface area contributed by atoms with E-state index in [1.165, 1.54) is 6.07 Å². The minimum absolute atomic E-state index is 0.201. The van der Waals surface area contributed by atoms with Gasteiger partial charge >= 0.3 is 0 Å². The summed E-state index contributed by atoms with van der Waals surface area (Å²) in [5, 5.41) is 0. The minimum atomic E-state index is -3.94. The van der Waals surface area contributed by atoms with Gasteiger partial charge in [-0.3, -0.25) is 0 Å².